The number of nitrogens with one attached hydrogen (secondary N) is 1. The van der Waals surface area contributed by atoms with Crippen molar-refractivity contribution >= 4 is 34.7 Å². The summed E-state index contributed by atoms with van der Waals surface area (Å²) in [5, 5.41) is 21.6. The van der Waals surface area contributed by atoms with Crippen LogP contribution in [-0.2, 0) is 11.2 Å². The van der Waals surface area contributed by atoms with Crippen LogP contribution in [0.1, 0.15) is 24.7 Å². The fourth-order valence-corrected chi connectivity index (χ4v) is 3.96. The number of aromatic nitrogens is 7. The van der Waals surface area contributed by atoms with Gasteiger partial charge in [0.25, 0.3) is 0 Å². The third kappa shape index (κ3) is 3.60. The molecule has 1 aromatic carbocycles. The highest BCUT2D eigenvalue weighted by Gasteiger charge is 2.26. The Balaban J connectivity index is 1.47. The van der Waals surface area contributed by atoms with Gasteiger partial charge >= 0.3 is 0 Å². The zero-order valence-electron chi connectivity index (χ0n) is 16.1. The fourth-order valence-electron chi connectivity index (χ4n) is 3.44. The molecule has 4 heterocycles. The maximum absolute atomic E-state index is 6.16. The van der Waals surface area contributed by atoms with E-state index < -0.39 is 0 Å². The van der Waals surface area contributed by atoms with Crippen molar-refractivity contribution < 1.29 is 4.74 Å². The van der Waals surface area contributed by atoms with E-state index in [4.69, 9.17) is 33.0 Å². The topological polar surface area (TPSA) is 97.1 Å². The maximum Gasteiger partial charge on any atom is 0.185 e. The van der Waals surface area contributed by atoms with Gasteiger partial charge < -0.3 is 9.64 Å². The number of benzene rings is 1. The minimum atomic E-state index is -0.222. The number of nitrogens with zero attached hydrogens (tertiary/aromatic N) is 7. The van der Waals surface area contributed by atoms with Gasteiger partial charge in [-0.25, -0.2) is 4.98 Å². The molecule has 5 rings (SSSR count). The standard InChI is InChI=1S/C19H18Cl2N8O/c1-2-15-22-18(25-23-15)14-10-28(5-6-30-14)17-4-3-16-24-26-19(29(16)27-17)11-7-12(20)9-13(21)8-11/h3-4,7-9,14H,2,5-6,10H2,1H3,(H,22,23,25). The van der Waals surface area contributed by atoms with Crippen LogP contribution in [0.25, 0.3) is 17.0 Å². The summed E-state index contributed by atoms with van der Waals surface area (Å²) in [5.74, 6) is 2.87. The Morgan fingerprint density at radius 1 is 1.17 bits per heavy atom. The van der Waals surface area contributed by atoms with Crippen LogP contribution in [0.4, 0.5) is 5.82 Å². The van der Waals surface area contributed by atoms with E-state index >= 15 is 0 Å². The lowest BCUT2D eigenvalue weighted by Gasteiger charge is -2.32. The summed E-state index contributed by atoms with van der Waals surface area (Å²) in [6.07, 6.45) is 0.575. The van der Waals surface area contributed by atoms with Crippen molar-refractivity contribution in [3.8, 4) is 11.4 Å². The first-order valence-electron chi connectivity index (χ1n) is 9.57. The van der Waals surface area contributed by atoms with E-state index in [0.29, 0.717) is 47.0 Å². The lowest BCUT2D eigenvalue weighted by molar-refractivity contribution is 0.0339. The largest absolute Gasteiger partial charge is 0.366 e. The average molecular weight is 445 g/mol. The number of morpholine rings is 1. The molecule has 0 bridgehead atoms. The van der Waals surface area contributed by atoms with Crippen molar-refractivity contribution in [2.45, 2.75) is 19.4 Å². The number of halogens is 2. The summed E-state index contributed by atoms with van der Waals surface area (Å²) in [6.45, 7) is 3.89. The van der Waals surface area contributed by atoms with Gasteiger partial charge in [0.2, 0.25) is 0 Å². The van der Waals surface area contributed by atoms with Gasteiger partial charge in [-0.15, -0.1) is 15.3 Å². The van der Waals surface area contributed by atoms with Crippen LogP contribution in [0.5, 0.6) is 0 Å². The van der Waals surface area contributed by atoms with Crippen molar-refractivity contribution in [3.05, 3.63) is 52.0 Å². The second kappa shape index (κ2) is 7.82. The predicted molar refractivity (Wildman–Crippen MR) is 113 cm³/mol. The van der Waals surface area contributed by atoms with Gasteiger partial charge in [0.1, 0.15) is 17.7 Å². The number of fused-ring (bicyclic) bond motifs is 1. The molecule has 1 atom stereocenters. The summed E-state index contributed by atoms with van der Waals surface area (Å²) < 4.78 is 7.59. The van der Waals surface area contributed by atoms with Gasteiger partial charge in [-0.05, 0) is 30.3 Å². The van der Waals surface area contributed by atoms with Crippen LogP contribution in [0.2, 0.25) is 10.0 Å². The van der Waals surface area contributed by atoms with E-state index in [0.717, 1.165) is 23.6 Å². The van der Waals surface area contributed by atoms with Gasteiger partial charge in [0.05, 0.1) is 13.2 Å². The number of aromatic amines is 1. The van der Waals surface area contributed by atoms with Crippen LogP contribution < -0.4 is 4.90 Å². The fraction of sp³-hybridized carbons (Fsp3) is 0.316. The van der Waals surface area contributed by atoms with Crippen molar-refractivity contribution in [3.63, 3.8) is 0 Å². The summed E-state index contributed by atoms with van der Waals surface area (Å²) in [5.41, 5.74) is 1.38. The summed E-state index contributed by atoms with van der Waals surface area (Å²) in [4.78, 5) is 6.65. The molecular formula is C19H18Cl2N8O. The third-order valence-electron chi connectivity index (χ3n) is 4.93. The van der Waals surface area contributed by atoms with Gasteiger partial charge in [-0.1, -0.05) is 30.1 Å². The SMILES string of the molecule is CCc1nc(C2CN(c3ccc4nnc(-c5cc(Cl)cc(Cl)c5)n4n3)CCO2)n[nH]1. The van der Waals surface area contributed by atoms with Crippen molar-refractivity contribution in [1.29, 1.82) is 0 Å². The Kier molecular flexibility index (Phi) is 5.01. The van der Waals surface area contributed by atoms with Gasteiger partial charge in [0.15, 0.2) is 17.3 Å². The molecule has 11 heteroatoms. The number of ether oxygens (including phenoxy) is 1. The number of hydrogen-bond donors (Lipinski definition) is 1. The highest BCUT2D eigenvalue weighted by molar-refractivity contribution is 6.35. The zero-order valence-corrected chi connectivity index (χ0v) is 17.6. The second-order valence-corrected chi connectivity index (χ2v) is 7.82. The molecule has 1 N–H and O–H groups in total. The summed E-state index contributed by atoms with van der Waals surface area (Å²) >= 11 is 12.3. The molecule has 1 saturated heterocycles. The molecule has 0 spiro atoms. The minimum absolute atomic E-state index is 0.222. The van der Waals surface area contributed by atoms with Crippen LogP contribution in [0, 0.1) is 0 Å². The van der Waals surface area contributed by atoms with E-state index in [1.54, 1.807) is 22.7 Å². The molecule has 1 fully saturated rings. The van der Waals surface area contributed by atoms with Gasteiger partial charge in [-0.3, -0.25) is 5.10 Å². The highest BCUT2D eigenvalue weighted by Crippen LogP contribution is 2.28. The van der Waals surface area contributed by atoms with E-state index in [1.807, 2.05) is 19.1 Å². The Morgan fingerprint density at radius 3 is 2.77 bits per heavy atom. The molecule has 1 aliphatic heterocycles. The van der Waals surface area contributed by atoms with Crippen LogP contribution in [0.3, 0.4) is 0 Å². The molecule has 4 aromatic rings. The van der Waals surface area contributed by atoms with E-state index in [9.17, 15) is 0 Å². The first kappa shape index (κ1) is 19.2. The average Bonchev–Trinajstić information content (AvgIpc) is 3.40. The molecule has 30 heavy (non-hydrogen) atoms. The number of rotatable bonds is 4. The van der Waals surface area contributed by atoms with Gasteiger partial charge in [0, 0.05) is 28.6 Å². The van der Waals surface area contributed by atoms with Crippen molar-refractivity contribution in [1.82, 2.24) is 35.0 Å². The van der Waals surface area contributed by atoms with Gasteiger partial charge in [-0.2, -0.15) is 9.61 Å². The van der Waals surface area contributed by atoms with E-state index in [1.165, 1.54) is 0 Å². The lowest BCUT2D eigenvalue weighted by Crippen LogP contribution is -2.39. The molecule has 1 aliphatic rings. The molecule has 0 amide bonds. The monoisotopic (exact) mass is 444 g/mol. The Labute approximate surface area is 182 Å². The summed E-state index contributed by atoms with van der Waals surface area (Å²) in [6, 6.07) is 9.07. The van der Waals surface area contributed by atoms with Crippen LogP contribution in [0.15, 0.2) is 30.3 Å². The molecule has 154 valence electrons. The van der Waals surface area contributed by atoms with Crippen molar-refractivity contribution in [2.75, 3.05) is 24.6 Å². The molecule has 9 nitrogen and oxygen atoms in total. The Bertz CT molecular complexity index is 1190. The number of aryl methyl sites for hydroxylation is 1. The first-order valence-corrected chi connectivity index (χ1v) is 10.3. The molecule has 0 saturated carbocycles. The smallest absolute Gasteiger partial charge is 0.185 e. The minimum Gasteiger partial charge on any atom is -0.366 e. The molecule has 1 unspecified atom stereocenters. The first-order chi connectivity index (χ1) is 14.6. The third-order valence-corrected chi connectivity index (χ3v) is 5.37. The Hall–Kier alpha value is -2.75. The molecular weight excluding hydrogens is 427 g/mol. The lowest BCUT2D eigenvalue weighted by atomic mass is 10.2. The molecule has 0 radical (unpaired) electrons. The van der Waals surface area contributed by atoms with E-state index in [2.05, 4.69) is 30.3 Å². The predicted octanol–water partition coefficient (Wildman–Crippen LogP) is 3.36. The van der Waals surface area contributed by atoms with Crippen molar-refractivity contribution in [2.24, 2.45) is 0 Å². The van der Waals surface area contributed by atoms with E-state index in [-0.39, 0.29) is 6.10 Å². The Morgan fingerprint density at radius 2 is 2.00 bits per heavy atom. The zero-order chi connectivity index (χ0) is 20.7. The number of H-pyrrole nitrogens is 1. The van der Waals surface area contributed by atoms with Crippen LogP contribution in [-0.4, -0.2) is 54.7 Å². The summed E-state index contributed by atoms with van der Waals surface area (Å²) in [7, 11) is 0. The normalized spacial score (nSPS) is 17.0. The molecule has 0 aliphatic carbocycles. The quantitative estimate of drug-likeness (QED) is 0.515. The maximum atomic E-state index is 6.16. The molecule has 3 aromatic heterocycles. The highest BCUT2D eigenvalue weighted by atomic mass is 35.5. The second-order valence-electron chi connectivity index (χ2n) is 6.94. The number of hydrogen-bond acceptors (Lipinski definition) is 7. The number of anilines is 1. The van der Waals surface area contributed by atoms with Crippen LogP contribution >= 0.6 is 23.2 Å².